The van der Waals surface area contributed by atoms with Crippen LogP contribution in [0.15, 0.2) is 65.8 Å². The molecule has 0 bridgehead atoms. The normalized spacial score (nSPS) is 10.9. The van der Waals surface area contributed by atoms with Gasteiger partial charge in [-0.1, -0.05) is 23.7 Å². The number of carbonyl (C=O) groups is 1. The molecule has 0 atom stereocenters. The van der Waals surface area contributed by atoms with Crippen molar-refractivity contribution in [2.24, 2.45) is 7.05 Å². The molecule has 0 aliphatic carbocycles. The predicted molar refractivity (Wildman–Crippen MR) is 117 cm³/mol. The molecule has 1 amide bonds. The van der Waals surface area contributed by atoms with Gasteiger partial charge in [-0.05, 0) is 42.0 Å². The number of carbonyl (C=O) groups excluding carboxylic acids is 1. The third-order valence-corrected chi connectivity index (χ3v) is 5.02. The zero-order valence-electron chi connectivity index (χ0n) is 16.4. The summed E-state index contributed by atoms with van der Waals surface area (Å²) in [6.07, 6.45) is 3.25. The fraction of sp³-hybridized carbons (Fsp3) is 0.136. The van der Waals surface area contributed by atoms with Crippen LogP contribution in [0.3, 0.4) is 0 Å². The van der Waals surface area contributed by atoms with Crippen LogP contribution in [0.5, 0.6) is 5.75 Å². The van der Waals surface area contributed by atoms with Crippen molar-refractivity contribution < 1.29 is 9.53 Å². The van der Waals surface area contributed by atoms with E-state index in [-0.39, 0.29) is 18.0 Å². The Morgan fingerprint density at radius 2 is 1.97 bits per heavy atom. The van der Waals surface area contributed by atoms with E-state index in [2.05, 4.69) is 10.3 Å². The van der Waals surface area contributed by atoms with E-state index in [1.54, 1.807) is 43.0 Å². The zero-order chi connectivity index (χ0) is 21.3. The molecule has 0 saturated carbocycles. The van der Waals surface area contributed by atoms with Gasteiger partial charge >= 0.3 is 0 Å². The standard InChI is InChI=1S/C22H19ClN4O3/c1-26-11-18(14-4-3-5-17(10-14)30-2)20-21(26)22(29)27(13-24-20)12-19(28)25-16-8-6-15(23)7-9-16/h3-11,13H,12H2,1-2H3,(H,25,28). The van der Waals surface area contributed by atoms with Crippen LogP contribution in [0.4, 0.5) is 5.69 Å². The summed E-state index contributed by atoms with van der Waals surface area (Å²) in [6.45, 7) is -0.149. The lowest BCUT2D eigenvalue weighted by Crippen LogP contribution is -2.28. The fourth-order valence-electron chi connectivity index (χ4n) is 3.32. The topological polar surface area (TPSA) is 78.1 Å². The molecule has 0 aliphatic heterocycles. The lowest BCUT2D eigenvalue weighted by molar-refractivity contribution is -0.116. The largest absolute Gasteiger partial charge is 0.497 e. The molecule has 0 unspecified atom stereocenters. The van der Waals surface area contributed by atoms with Crippen LogP contribution in [-0.2, 0) is 18.4 Å². The van der Waals surface area contributed by atoms with E-state index in [9.17, 15) is 9.59 Å². The monoisotopic (exact) mass is 422 g/mol. The predicted octanol–water partition coefficient (Wildman–Crippen LogP) is 3.70. The van der Waals surface area contributed by atoms with Gasteiger partial charge in [-0.3, -0.25) is 14.2 Å². The van der Waals surface area contributed by atoms with Crippen molar-refractivity contribution in [1.82, 2.24) is 14.1 Å². The Morgan fingerprint density at radius 1 is 1.20 bits per heavy atom. The molecular weight excluding hydrogens is 404 g/mol. The lowest BCUT2D eigenvalue weighted by Gasteiger charge is -2.08. The molecule has 0 saturated heterocycles. The van der Waals surface area contributed by atoms with E-state index in [1.165, 1.54) is 10.9 Å². The van der Waals surface area contributed by atoms with Gasteiger partial charge in [0.2, 0.25) is 5.91 Å². The number of methoxy groups -OCH3 is 1. The second-order valence-electron chi connectivity index (χ2n) is 6.82. The van der Waals surface area contributed by atoms with E-state index < -0.39 is 0 Å². The Morgan fingerprint density at radius 3 is 2.70 bits per heavy atom. The van der Waals surface area contributed by atoms with Gasteiger partial charge in [-0.2, -0.15) is 0 Å². The molecule has 1 N–H and O–H groups in total. The molecule has 30 heavy (non-hydrogen) atoms. The van der Waals surface area contributed by atoms with Crippen LogP contribution in [0.25, 0.3) is 22.2 Å². The number of aromatic nitrogens is 3. The summed E-state index contributed by atoms with van der Waals surface area (Å²) in [5, 5.41) is 3.32. The second kappa shape index (κ2) is 8.04. The smallest absolute Gasteiger partial charge is 0.278 e. The second-order valence-corrected chi connectivity index (χ2v) is 7.25. The van der Waals surface area contributed by atoms with E-state index in [1.807, 2.05) is 30.5 Å². The first kappa shape index (κ1) is 19.7. The molecule has 2 aromatic carbocycles. The van der Waals surface area contributed by atoms with Crippen LogP contribution in [-0.4, -0.2) is 27.1 Å². The quantitative estimate of drug-likeness (QED) is 0.532. The Balaban J connectivity index is 1.66. The number of amides is 1. The molecule has 4 aromatic rings. The van der Waals surface area contributed by atoms with Crippen LogP contribution in [0.2, 0.25) is 5.02 Å². The number of benzene rings is 2. The molecule has 7 nitrogen and oxygen atoms in total. The Bertz CT molecular complexity index is 1290. The number of nitrogens with zero attached hydrogens (tertiary/aromatic N) is 3. The average Bonchev–Trinajstić information content (AvgIpc) is 3.09. The number of nitrogens with one attached hydrogen (secondary N) is 1. The number of ether oxygens (including phenoxy) is 1. The molecule has 8 heteroatoms. The maximum absolute atomic E-state index is 13.0. The average molecular weight is 423 g/mol. The zero-order valence-corrected chi connectivity index (χ0v) is 17.2. The maximum Gasteiger partial charge on any atom is 0.278 e. The number of rotatable bonds is 5. The number of hydrogen-bond acceptors (Lipinski definition) is 4. The SMILES string of the molecule is COc1cccc(-c2cn(C)c3c(=O)n(CC(=O)Nc4ccc(Cl)cc4)cnc23)c1. The highest BCUT2D eigenvalue weighted by molar-refractivity contribution is 6.30. The molecule has 0 fully saturated rings. The van der Waals surface area contributed by atoms with Gasteiger partial charge in [0.25, 0.3) is 5.56 Å². The summed E-state index contributed by atoms with van der Waals surface area (Å²) in [6, 6.07) is 14.3. The summed E-state index contributed by atoms with van der Waals surface area (Å²) in [7, 11) is 3.39. The van der Waals surface area contributed by atoms with Crippen LogP contribution in [0, 0.1) is 0 Å². The molecule has 0 radical (unpaired) electrons. The number of anilines is 1. The van der Waals surface area contributed by atoms with Crippen molar-refractivity contribution in [2.45, 2.75) is 6.54 Å². The maximum atomic E-state index is 13.0. The van der Waals surface area contributed by atoms with Crippen molar-refractivity contribution >= 4 is 34.2 Å². The van der Waals surface area contributed by atoms with Gasteiger partial charge in [0.1, 0.15) is 23.3 Å². The van der Waals surface area contributed by atoms with Crippen LogP contribution in [0.1, 0.15) is 0 Å². The molecular formula is C22H19ClN4O3. The van der Waals surface area contributed by atoms with Gasteiger partial charge in [0, 0.05) is 29.5 Å². The first-order chi connectivity index (χ1) is 14.5. The van der Waals surface area contributed by atoms with Gasteiger partial charge in [-0.15, -0.1) is 0 Å². The number of halogens is 1. The van der Waals surface area contributed by atoms with Gasteiger partial charge in [0.15, 0.2) is 0 Å². The summed E-state index contributed by atoms with van der Waals surface area (Å²) in [4.78, 5) is 29.9. The third-order valence-electron chi connectivity index (χ3n) is 4.77. The van der Waals surface area contributed by atoms with Gasteiger partial charge in [-0.25, -0.2) is 4.98 Å². The van der Waals surface area contributed by atoms with E-state index >= 15 is 0 Å². The highest BCUT2D eigenvalue weighted by Crippen LogP contribution is 2.29. The van der Waals surface area contributed by atoms with Gasteiger partial charge < -0.3 is 14.6 Å². The lowest BCUT2D eigenvalue weighted by atomic mass is 10.1. The van der Waals surface area contributed by atoms with Crippen molar-refractivity contribution in [1.29, 1.82) is 0 Å². The Kier molecular flexibility index (Phi) is 5.29. The first-order valence-corrected chi connectivity index (χ1v) is 9.58. The summed E-state index contributed by atoms with van der Waals surface area (Å²) in [5.74, 6) is 0.388. The highest BCUT2D eigenvalue weighted by Gasteiger charge is 2.16. The molecule has 4 rings (SSSR count). The molecule has 2 aromatic heterocycles. The first-order valence-electron chi connectivity index (χ1n) is 9.20. The number of aryl methyl sites for hydroxylation is 1. The van der Waals surface area contributed by atoms with Crippen molar-refractivity contribution in [2.75, 3.05) is 12.4 Å². The third kappa shape index (κ3) is 3.79. The van der Waals surface area contributed by atoms with E-state index in [0.29, 0.717) is 21.7 Å². The minimum absolute atomic E-state index is 0.149. The molecule has 2 heterocycles. The minimum Gasteiger partial charge on any atom is -0.497 e. The number of fused-ring (bicyclic) bond motifs is 1. The van der Waals surface area contributed by atoms with Crippen molar-refractivity contribution in [3.05, 3.63) is 76.4 Å². The summed E-state index contributed by atoms with van der Waals surface area (Å²) < 4.78 is 8.32. The minimum atomic E-state index is -0.331. The van der Waals surface area contributed by atoms with Gasteiger partial charge in [0.05, 0.1) is 13.4 Å². The van der Waals surface area contributed by atoms with E-state index in [0.717, 1.165) is 16.9 Å². The summed E-state index contributed by atoms with van der Waals surface area (Å²) in [5.41, 5.74) is 3.03. The van der Waals surface area contributed by atoms with Crippen LogP contribution >= 0.6 is 11.6 Å². The van der Waals surface area contributed by atoms with Crippen molar-refractivity contribution in [3.63, 3.8) is 0 Å². The Labute approximate surface area is 177 Å². The Hall–Kier alpha value is -3.58. The molecule has 0 aliphatic rings. The van der Waals surface area contributed by atoms with E-state index in [4.69, 9.17) is 16.3 Å². The highest BCUT2D eigenvalue weighted by atomic mass is 35.5. The number of hydrogen-bond donors (Lipinski definition) is 1. The van der Waals surface area contributed by atoms with Crippen LogP contribution < -0.4 is 15.6 Å². The molecule has 0 spiro atoms. The fourth-order valence-corrected chi connectivity index (χ4v) is 3.44. The summed E-state index contributed by atoms with van der Waals surface area (Å²) >= 11 is 5.86. The van der Waals surface area contributed by atoms with Crippen molar-refractivity contribution in [3.8, 4) is 16.9 Å². The molecule has 152 valence electrons.